The van der Waals surface area contributed by atoms with Gasteiger partial charge in [0.2, 0.25) is 0 Å². The molecular weight excluding hydrogens is 257 g/mol. The lowest BCUT2D eigenvalue weighted by molar-refractivity contribution is 0.103. The van der Waals surface area contributed by atoms with Gasteiger partial charge < -0.3 is 9.72 Å². The second kappa shape index (κ2) is 4.81. The Kier molecular flexibility index (Phi) is 2.99. The molecule has 1 heterocycles. The molecule has 1 aromatic heterocycles. The van der Waals surface area contributed by atoms with Gasteiger partial charge in [-0.1, -0.05) is 18.2 Å². The quantitative estimate of drug-likeness (QED) is 0.739. The summed E-state index contributed by atoms with van der Waals surface area (Å²) < 4.78 is 19.1. The van der Waals surface area contributed by atoms with Crippen LogP contribution in [-0.2, 0) is 0 Å². The number of para-hydroxylation sites is 1. The van der Waals surface area contributed by atoms with E-state index >= 15 is 0 Å². The Bertz CT molecular complexity index is 792. The zero-order valence-electron chi connectivity index (χ0n) is 10.8. The van der Waals surface area contributed by atoms with E-state index in [9.17, 15) is 9.18 Å². The number of H-pyrrole nitrogens is 1. The molecule has 0 fully saturated rings. The first kappa shape index (κ1) is 12.4. The summed E-state index contributed by atoms with van der Waals surface area (Å²) in [4.78, 5) is 15.5. The third-order valence-corrected chi connectivity index (χ3v) is 3.25. The molecule has 100 valence electrons. The largest absolute Gasteiger partial charge is 0.496 e. The predicted octanol–water partition coefficient (Wildman–Crippen LogP) is 3.55. The predicted molar refractivity (Wildman–Crippen MR) is 74.7 cm³/mol. The molecule has 0 aliphatic rings. The van der Waals surface area contributed by atoms with Crippen molar-refractivity contribution in [3.8, 4) is 5.75 Å². The van der Waals surface area contributed by atoms with Crippen molar-refractivity contribution < 1.29 is 13.9 Å². The molecular formula is C16H12FNO2. The molecule has 3 nitrogen and oxygen atoms in total. The van der Waals surface area contributed by atoms with Gasteiger partial charge in [0.25, 0.3) is 0 Å². The van der Waals surface area contributed by atoms with Crippen LogP contribution in [0.2, 0.25) is 0 Å². The van der Waals surface area contributed by atoms with Crippen LogP contribution in [0.15, 0.2) is 48.7 Å². The minimum Gasteiger partial charge on any atom is -0.496 e. The lowest BCUT2D eigenvalue weighted by Gasteiger charge is -2.06. The number of rotatable bonds is 3. The van der Waals surface area contributed by atoms with Gasteiger partial charge in [0.05, 0.1) is 18.2 Å². The minimum atomic E-state index is -0.415. The van der Waals surface area contributed by atoms with Crippen molar-refractivity contribution in [1.82, 2.24) is 4.98 Å². The molecule has 3 rings (SSSR count). The first-order chi connectivity index (χ1) is 9.72. The Morgan fingerprint density at radius 1 is 1.10 bits per heavy atom. The van der Waals surface area contributed by atoms with E-state index in [1.165, 1.54) is 19.4 Å². The summed E-state index contributed by atoms with van der Waals surface area (Å²) in [5.41, 5.74) is 1.32. The van der Waals surface area contributed by atoms with Crippen molar-refractivity contribution in [2.24, 2.45) is 0 Å². The second-order valence-electron chi connectivity index (χ2n) is 4.39. The van der Waals surface area contributed by atoms with Crippen molar-refractivity contribution in [2.45, 2.75) is 0 Å². The third kappa shape index (κ3) is 1.86. The normalized spacial score (nSPS) is 10.7. The molecule has 20 heavy (non-hydrogen) atoms. The number of hydrogen-bond donors (Lipinski definition) is 1. The molecule has 0 bridgehead atoms. The smallest absolute Gasteiger partial charge is 0.199 e. The molecule has 4 heteroatoms. The molecule has 0 atom stereocenters. The highest BCUT2D eigenvalue weighted by Gasteiger charge is 2.19. The van der Waals surface area contributed by atoms with Crippen LogP contribution in [0.5, 0.6) is 5.75 Å². The molecule has 1 N–H and O–H groups in total. The molecule has 0 unspecified atom stereocenters. The first-order valence-electron chi connectivity index (χ1n) is 6.15. The molecule has 0 radical (unpaired) electrons. The fourth-order valence-electron chi connectivity index (χ4n) is 2.30. The van der Waals surface area contributed by atoms with E-state index < -0.39 is 5.82 Å². The van der Waals surface area contributed by atoms with Crippen molar-refractivity contribution in [2.75, 3.05) is 7.11 Å². The Balaban J connectivity index is 2.18. The Morgan fingerprint density at radius 2 is 1.90 bits per heavy atom. The number of fused-ring (bicyclic) bond motifs is 1. The molecule has 3 aromatic rings. The Labute approximate surface area is 115 Å². The van der Waals surface area contributed by atoms with Crippen molar-refractivity contribution in [3.05, 3.63) is 65.6 Å². The summed E-state index contributed by atoms with van der Waals surface area (Å²) in [6, 6.07) is 11.6. The number of halogens is 1. The molecule has 2 aromatic carbocycles. The average molecular weight is 269 g/mol. The number of benzene rings is 2. The van der Waals surface area contributed by atoms with E-state index in [4.69, 9.17) is 4.74 Å². The SMILES string of the molecule is COc1ccccc1C(=O)c1c[nH]c2cccc(F)c12. The number of carbonyl (C=O) groups excluding carboxylic acids is 1. The highest BCUT2D eigenvalue weighted by Crippen LogP contribution is 2.27. The third-order valence-electron chi connectivity index (χ3n) is 3.25. The molecule has 0 aliphatic heterocycles. The Hall–Kier alpha value is -2.62. The van der Waals surface area contributed by atoms with Gasteiger partial charge in [-0.25, -0.2) is 4.39 Å². The summed E-state index contributed by atoms with van der Waals surface area (Å²) in [5, 5.41) is 0.309. The number of nitrogens with one attached hydrogen (secondary N) is 1. The van der Waals surface area contributed by atoms with E-state index in [0.29, 0.717) is 27.8 Å². The maximum Gasteiger partial charge on any atom is 0.199 e. The highest BCUT2D eigenvalue weighted by molar-refractivity contribution is 6.17. The van der Waals surface area contributed by atoms with E-state index in [1.54, 1.807) is 36.4 Å². The number of ether oxygens (including phenoxy) is 1. The monoisotopic (exact) mass is 269 g/mol. The molecule has 0 saturated heterocycles. The maximum absolute atomic E-state index is 13.9. The van der Waals surface area contributed by atoms with Gasteiger partial charge in [0.15, 0.2) is 5.78 Å². The van der Waals surface area contributed by atoms with Crippen LogP contribution in [0.25, 0.3) is 10.9 Å². The lowest BCUT2D eigenvalue weighted by Crippen LogP contribution is -2.03. The van der Waals surface area contributed by atoms with Gasteiger partial charge in [0.1, 0.15) is 11.6 Å². The van der Waals surface area contributed by atoms with Crippen LogP contribution < -0.4 is 4.74 Å². The van der Waals surface area contributed by atoms with Crippen molar-refractivity contribution in [3.63, 3.8) is 0 Å². The standard InChI is InChI=1S/C16H12FNO2/c1-20-14-8-3-2-5-10(14)16(19)11-9-18-13-7-4-6-12(17)15(11)13/h2-9,18H,1H3. The number of methoxy groups -OCH3 is 1. The van der Waals surface area contributed by atoms with E-state index in [1.807, 2.05) is 0 Å². The number of carbonyl (C=O) groups is 1. The average Bonchev–Trinajstić information content (AvgIpc) is 2.92. The molecule has 0 amide bonds. The van der Waals surface area contributed by atoms with Crippen LogP contribution >= 0.6 is 0 Å². The lowest BCUT2D eigenvalue weighted by atomic mass is 10.0. The zero-order valence-corrected chi connectivity index (χ0v) is 10.8. The molecule has 0 saturated carbocycles. The van der Waals surface area contributed by atoms with Gasteiger partial charge in [-0.15, -0.1) is 0 Å². The topological polar surface area (TPSA) is 42.1 Å². The van der Waals surface area contributed by atoms with E-state index in [-0.39, 0.29) is 5.78 Å². The van der Waals surface area contributed by atoms with E-state index in [0.717, 1.165) is 0 Å². The second-order valence-corrected chi connectivity index (χ2v) is 4.39. The van der Waals surface area contributed by atoms with Crippen LogP contribution in [0.1, 0.15) is 15.9 Å². The van der Waals surface area contributed by atoms with Crippen molar-refractivity contribution >= 4 is 16.7 Å². The fourth-order valence-corrected chi connectivity index (χ4v) is 2.30. The van der Waals surface area contributed by atoms with Gasteiger partial charge >= 0.3 is 0 Å². The number of ketones is 1. The Morgan fingerprint density at radius 3 is 2.70 bits per heavy atom. The first-order valence-corrected chi connectivity index (χ1v) is 6.15. The number of aromatic nitrogens is 1. The van der Waals surface area contributed by atoms with Crippen LogP contribution in [0.3, 0.4) is 0 Å². The molecule has 0 aliphatic carbocycles. The van der Waals surface area contributed by atoms with Gasteiger partial charge in [-0.05, 0) is 24.3 Å². The van der Waals surface area contributed by atoms with E-state index in [2.05, 4.69) is 4.98 Å². The minimum absolute atomic E-state index is 0.265. The summed E-state index contributed by atoms with van der Waals surface area (Å²) in [6.45, 7) is 0. The summed E-state index contributed by atoms with van der Waals surface area (Å²) in [5.74, 6) is -0.205. The van der Waals surface area contributed by atoms with Crippen LogP contribution in [0, 0.1) is 5.82 Å². The summed E-state index contributed by atoms with van der Waals surface area (Å²) in [7, 11) is 1.50. The van der Waals surface area contributed by atoms with Gasteiger partial charge in [-0.2, -0.15) is 0 Å². The van der Waals surface area contributed by atoms with Crippen LogP contribution in [0.4, 0.5) is 4.39 Å². The fraction of sp³-hybridized carbons (Fsp3) is 0.0625. The molecule has 0 spiro atoms. The summed E-state index contributed by atoms with van der Waals surface area (Å²) in [6.07, 6.45) is 1.53. The zero-order chi connectivity index (χ0) is 14.1. The van der Waals surface area contributed by atoms with Gasteiger partial charge in [0, 0.05) is 17.1 Å². The van der Waals surface area contributed by atoms with Crippen LogP contribution in [-0.4, -0.2) is 17.9 Å². The van der Waals surface area contributed by atoms with Gasteiger partial charge in [-0.3, -0.25) is 4.79 Å². The highest BCUT2D eigenvalue weighted by atomic mass is 19.1. The number of hydrogen-bond acceptors (Lipinski definition) is 2. The van der Waals surface area contributed by atoms with Crippen molar-refractivity contribution in [1.29, 1.82) is 0 Å². The number of aromatic amines is 1. The maximum atomic E-state index is 13.9. The summed E-state index contributed by atoms with van der Waals surface area (Å²) >= 11 is 0.